The molecule has 28 heavy (non-hydrogen) atoms. The second kappa shape index (κ2) is 7.37. The second-order valence-corrected chi connectivity index (χ2v) is 6.41. The highest BCUT2D eigenvalue weighted by Crippen LogP contribution is 2.32. The van der Waals surface area contributed by atoms with Gasteiger partial charge in [-0.2, -0.15) is 26.3 Å². The number of halogens is 6. The Labute approximate surface area is 157 Å². The van der Waals surface area contributed by atoms with Crippen LogP contribution in [0.25, 0.3) is 0 Å². The van der Waals surface area contributed by atoms with Gasteiger partial charge in [0.05, 0.1) is 11.1 Å². The Balaban J connectivity index is 1.68. The van der Waals surface area contributed by atoms with Crippen LogP contribution in [-0.4, -0.2) is 37.0 Å². The van der Waals surface area contributed by atoms with Crippen LogP contribution in [0.2, 0.25) is 0 Å². The molecule has 3 nitrogen and oxygen atoms in total. The lowest BCUT2D eigenvalue weighted by molar-refractivity contribution is -0.138. The van der Waals surface area contributed by atoms with E-state index >= 15 is 0 Å². The van der Waals surface area contributed by atoms with Crippen LogP contribution in [0.5, 0.6) is 0 Å². The van der Waals surface area contributed by atoms with Crippen molar-refractivity contribution in [3.05, 3.63) is 65.2 Å². The predicted octanol–water partition coefficient (Wildman–Crippen LogP) is 4.69. The number of carbonyl (C=O) groups excluding carboxylic acids is 1. The summed E-state index contributed by atoms with van der Waals surface area (Å²) in [6.45, 7) is 0.967. The number of nitrogens with zero attached hydrogens (tertiary/aromatic N) is 2. The van der Waals surface area contributed by atoms with Gasteiger partial charge in [-0.25, -0.2) is 0 Å². The number of carbonyl (C=O) groups is 1. The minimum atomic E-state index is -4.54. The molecule has 2 aromatic carbocycles. The van der Waals surface area contributed by atoms with Gasteiger partial charge in [-0.3, -0.25) is 4.79 Å². The number of anilines is 1. The monoisotopic (exact) mass is 402 g/mol. The highest BCUT2D eigenvalue weighted by atomic mass is 19.4. The van der Waals surface area contributed by atoms with Crippen LogP contribution in [0.4, 0.5) is 32.0 Å². The molecule has 0 aliphatic carbocycles. The fourth-order valence-electron chi connectivity index (χ4n) is 3.06. The van der Waals surface area contributed by atoms with Crippen molar-refractivity contribution in [3.63, 3.8) is 0 Å². The van der Waals surface area contributed by atoms with Gasteiger partial charge in [0, 0.05) is 37.4 Å². The molecule has 0 aromatic heterocycles. The van der Waals surface area contributed by atoms with E-state index in [1.807, 2.05) is 0 Å². The van der Waals surface area contributed by atoms with E-state index in [1.54, 1.807) is 11.0 Å². The van der Waals surface area contributed by atoms with Crippen molar-refractivity contribution in [2.75, 3.05) is 31.1 Å². The molecule has 1 aliphatic heterocycles. The molecule has 2 aromatic rings. The third-order valence-electron chi connectivity index (χ3n) is 4.54. The third-order valence-corrected chi connectivity index (χ3v) is 4.54. The molecule has 1 saturated heterocycles. The molecule has 150 valence electrons. The highest BCUT2D eigenvalue weighted by molar-refractivity contribution is 5.94. The highest BCUT2D eigenvalue weighted by Gasteiger charge is 2.33. The van der Waals surface area contributed by atoms with Gasteiger partial charge in [-0.1, -0.05) is 12.1 Å². The number of hydrogen-bond acceptors (Lipinski definition) is 2. The van der Waals surface area contributed by atoms with E-state index in [1.165, 1.54) is 23.1 Å². The van der Waals surface area contributed by atoms with E-state index in [2.05, 4.69) is 0 Å². The van der Waals surface area contributed by atoms with Crippen LogP contribution in [0.1, 0.15) is 21.5 Å². The number of amides is 1. The van der Waals surface area contributed by atoms with Gasteiger partial charge >= 0.3 is 12.4 Å². The zero-order chi connectivity index (χ0) is 20.5. The van der Waals surface area contributed by atoms with Gasteiger partial charge in [-0.15, -0.1) is 0 Å². The number of alkyl halides is 6. The van der Waals surface area contributed by atoms with Crippen LogP contribution in [-0.2, 0) is 12.4 Å². The Morgan fingerprint density at radius 3 is 1.86 bits per heavy atom. The number of piperazine rings is 1. The van der Waals surface area contributed by atoms with Crippen molar-refractivity contribution in [1.82, 2.24) is 4.90 Å². The molecule has 3 rings (SSSR count). The normalized spacial score (nSPS) is 15.6. The number of rotatable bonds is 2. The summed E-state index contributed by atoms with van der Waals surface area (Å²) in [5.41, 5.74) is -1.34. The van der Waals surface area contributed by atoms with Crippen molar-refractivity contribution in [2.45, 2.75) is 12.4 Å². The molecule has 0 N–H and O–H groups in total. The molecule has 0 saturated carbocycles. The molecule has 1 amide bonds. The zero-order valence-electron chi connectivity index (χ0n) is 14.5. The lowest BCUT2D eigenvalue weighted by Crippen LogP contribution is -2.48. The molecule has 9 heteroatoms. The quantitative estimate of drug-likeness (QED) is 0.681. The molecule has 0 unspecified atom stereocenters. The average molecular weight is 402 g/mol. The van der Waals surface area contributed by atoms with Gasteiger partial charge in [0.25, 0.3) is 5.91 Å². The smallest absolute Gasteiger partial charge is 0.368 e. The van der Waals surface area contributed by atoms with E-state index in [0.717, 1.165) is 24.3 Å². The first-order valence-electron chi connectivity index (χ1n) is 8.44. The standard InChI is InChI=1S/C19H16F6N2O/c20-18(21,22)14-4-1-3-13(11-14)17(28)27-9-7-26(8-10-27)16-6-2-5-15(12-16)19(23,24)25/h1-6,11-12H,7-10H2. The Morgan fingerprint density at radius 2 is 1.29 bits per heavy atom. The fraction of sp³-hybridized carbons (Fsp3) is 0.316. The minimum absolute atomic E-state index is 0.0673. The minimum Gasteiger partial charge on any atom is -0.368 e. The Bertz CT molecular complexity index is 854. The summed E-state index contributed by atoms with van der Waals surface area (Å²) >= 11 is 0. The van der Waals surface area contributed by atoms with Crippen molar-refractivity contribution >= 4 is 11.6 Å². The van der Waals surface area contributed by atoms with Crippen LogP contribution in [0.15, 0.2) is 48.5 Å². The lowest BCUT2D eigenvalue weighted by atomic mass is 10.1. The summed E-state index contributed by atoms with van der Waals surface area (Å²) in [6.07, 6.45) is -8.99. The lowest BCUT2D eigenvalue weighted by Gasteiger charge is -2.36. The van der Waals surface area contributed by atoms with Crippen molar-refractivity contribution in [1.29, 1.82) is 0 Å². The van der Waals surface area contributed by atoms with Crippen LogP contribution in [0, 0.1) is 0 Å². The largest absolute Gasteiger partial charge is 0.416 e. The van der Waals surface area contributed by atoms with E-state index in [0.29, 0.717) is 5.69 Å². The number of hydrogen-bond donors (Lipinski definition) is 0. The maximum atomic E-state index is 12.9. The van der Waals surface area contributed by atoms with Crippen molar-refractivity contribution < 1.29 is 31.1 Å². The Morgan fingerprint density at radius 1 is 0.750 bits per heavy atom. The molecule has 0 atom stereocenters. The number of benzene rings is 2. The van der Waals surface area contributed by atoms with E-state index in [4.69, 9.17) is 0 Å². The van der Waals surface area contributed by atoms with Gasteiger partial charge < -0.3 is 9.80 Å². The van der Waals surface area contributed by atoms with Gasteiger partial charge in [0.15, 0.2) is 0 Å². The van der Waals surface area contributed by atoms with Gasteiger partial charge in [-0.05, 0) is 36.4 Å². The van der Waals surface area contributed by atoms with Gasteiger partial charge in [0.2, 0.25) is 0 Å². The summed E-state index contributed by atoms with van der Waals surface area (Å²) in [5, 5.41) is 0. The van der Waals surface area contributed by atoms with Crippen molar-refractivity contribution in [3.8, 4) is 0 Å². The Kier molecular flexibility index (Phi) is 5.27. The molecule has 1 heterocycles. The summed E-state index contributed by atoms with van der Waals surface area (Å²) in [6, 6.07) is 9.09. The topological polar surface area (TPSA) is 23.6 Å². The first kappa shape index (κ1) is 20.0. The molecular formula is C19H16F6N2O. The zero-order valence-corrected chi connectivity index (χ0v) is 14.5. The van der Waals surface area contributed by atoms with Crippen LogP contribution < -0.4 is 4.90 Å². The summed E-state index contributed by atoms with van der Waals surface area (Å²) in [7, 11) is 0. The van der Waals surface area contributed by atoms with Crippen molar-refractivity contribution in [2.24, 2.45) is 0 Å². The maximum absolute atomic E-state index is 12.9. The summed E-state index contributed by atoms with van der Waals surface area (Å²) < 4.78 is 77.0. The van der Waals surface area contributed by atoms with Crippen LogP contribution >= 0.6 is 0 Å². The van der Waals surface area contributed by atoms with Crippen LogP contribution in [0.3, 0.4) is 0 Å². The second-order valence-electron chi connectivity index (χ2n) is 6.41. The molecular weight excluding hydrogens is 386 g/mol. The average Bonchev–Trinajstić information content (AvgIpc) is 2.66. The summed E-state index contributed by atoms with van der Waals surface area (Å²) in [5.74, 6) is -0.533. The molecule has 0 spiro atoms. The van der Waals surface area contributed by atoms with E-state index in [9.17, 15) is 31.1 Å². The van der Waals surface area contributed by atoms with E-state index in [-0.39, 0.29) is 31.7 Å². The van der Waals surface area contributed by atoms with E-state index < -0.39 is 29.4 Å². The predicted molar refractivity (Wildman–Crippen MR) is 91.0 cm³/mol. The molecule has 0 bridgehead atoms. The molecule has 1 aliphatic rings. The first-order valence-corrected chi connectivity index (χ1v) is 8.44. The fourth-order valence-corrected chi connectivity index (χ4v) is 3.06. The van der Waals surface area contributed by atoms with Gasteiger partial charge in [0.1, 0.15) is 0 Å². The third kappa shape index (κ3) is 4.40. The first-order chi connectivity index (χ1) is 13.1. The molecule has 1 fully saturated rings. The SMILES string of the molecule is O=C(c1cccc(C(F)(F)F)c1)N1CCN(c2cccc(C(F)(F)F)c2)CC1. The maximum Gasteiger partial charge on any atom is 0.416 e. The Hall–Kier alpha value is -2.71. The summed E-state index contributed by atoms with van der Waals surface area (Å²) in [4.78, 5) is 15.6. The molecule has 0 radical (unpaired) electrons.